The SMILES string of the molecule is CC1(C)CCC(CNC(=O)N2CCC(C3OCCCC3N)CC2)c2ccccc21. The molecule has 2 saturated heterocycles. The Kier molecular flexibility index (Phi) is 6.16. The van der Waals surface area contributed by atoms with Gasteiger partial charge in [-0.15, -0.1) is 0 Å². The van der Waals surface area contributed by atoms with Gasteiger partial charge in [-0.2, -0.15) is 0 Å². The molecule has 0 radical (unpaired) electrons. The maximum absolute atomic E-state index is 12.8. The van der Waals surface area contributed by atoms with Crippen LogP contribution in [0.2, 0.25) is 0 Å². The van der Waals surface area contributed by atoms with E-state index in [0.29, 0.717) is 11.8 Å². The fourth-order valence-electron chi connectivity index (χ4n) is 5.57. The van der Waals surface area contributed by atoms with Gasteiger partial charge in [-0.05, 0) is 61.0 Å². The third-order valence-electron chi connectivity index (χ3n) is 7.45. The van der Waals surface area contributed by atoms with Crippen LogP contribution in [-0.4, -0.2) is 49.3 Å². The number of ether oxygens (including phenoxy) is 1. The molecular formula is C24H37N3O2. The zero-order valence-electron chi connectivity index (χ0n) is 18.0. The number of nitrogens with zero attached hydrogens (tertiary/aromatic N) is 1. The molecule has 0 aromatic heterocycles. The van der Waals surface area contributed by atoms with Crippen molar-refractivity contribution in [2.45, 2.75) is 75.9 Å². The molecule has 2 fully saturated rings. The molecule has 0 saturated carbocycles. The van der Waals surface area contributed by atoms with Crippen LogP contribution in [-0.2, 0) is 10.2 Å². The largest absolute Gasteiger partial charge is 0.376 e. The van der Waals surface area contributed by atoms with E-state index in [1.54, 1.807) is 0 Å². The minimum Gasteiger partial charge on any atom is -0.376 e. The topological polar surface area (TPSA) is 67.6 Å². The lowest BCUT2D eigenvalue weighted by atomic mass is 9.69. The van der Waals surface area contributed by atoms with Crippen molar-refractivity contribution in [3.63, 3.8) is 0 Å². The number of rotatable bonds is 3. The molecule has 2 amide bonds. The molecule has 1 aromatic rings. The second kappa shape index (κ2) is 8.65. The van der Waals surface area contributed by atoms with Crippen LogP contribution in [0.4, 0.5) is 4.79 Å². The highest BCUT2D eigenvalue weighted by molar-refractivity contribution is 5.74. The molecule has 2 aliphatic heterocycles. The Labute approximate surface area is 175 Å². The molecule has 1 aromatic carbocycles. The number of piperidine rings is 1. The van der Waals surface area contributed by atoms with Gasteiger partial charge in [0.2, 0.25) is 0 Å². The van der Waals surface area contributed by atoms with Gasteiger partial charge >= 0.3 is 6.03 Å². The van der Waals surface area contributed by atoms with E-state index < -0.39 is 0 Å². The summed E-state index contributed by atoms with van der Waals surface area (Å²) < 4.78 is 5.96. The van der Waals surface area contributed by atoms with Crippen molar-refractivity contribution in [1.82, 2.24) is 10.2 Å². The number of carbonyl (C=O) groups is 1. The summed E-state index contributed by atoms with van der Waals surface area (Å²) in [4.78, 5) is 14.8. The van der Waals surface area contributed by atoms with Gasteiger partial charge in [-0.1, -0.05) is 38.1 Å². The maximum atomic E-state index is 12.8. The molecule has 3 unspecified atom stereocenters. The van der Waals surface area contributed by atoms with E-state index in [-0.39, 0.29) is 23.6 Å². The molecule has 160 valence electrons. The lowest BCUT2D eigenvalue weighted by molar-refractivity contribution is -0.0471. The second-order valence-corrected chi connectivity index (χ2v) is 9.86. The quantitative estimate of drug-likeness (QED) is 0.813. The summed E-state index contributed by atoms with van der Waals surface area (Å²) in [5, 5.41) is 3.22. The second-order valence-electron chi connectivity index (χ2n) is 9.86. The van der Waals surface area contributed by atoms with Gasteiger partial charge in [0.05, 0.1) is 6.10 Å². The summed E-state index contributed by atoms with van der Waals surface area (Å²) in [6.07, 6.45) is 6.58. The predicted molar refractivity (Wildman–Crippen MR) is 116 cm³/mol. The number of urea groups is 1. The number of benzene rings is 1. The van der Waals surface area contributed by atoms with Crippen LogP contribution < -0.4 is 11.1 Å². The number of amides is 2. The van der Waals surface area contributed by atoms with E-state index in [2.05, 4.69) is 43.4 Å². The Morgan fingerprint density at radius 2 is 1.97 bits per heavy atom. The molecule has 2 heterocycles. The Morgan fingerprint density at radius 1 is 1.21 bits per heavy atom. The van der Waals surface area contributed by atoms with E-state index in [9.17, 15) is 4.79 Å². The highest BCUT2D eigenvalue weighted by atomic mass is 16.5. The summed E-state index contributed by atoms with van der Waals surface area (Å²) >= 11 is 0. The Bertz CT molecular complexity index is 712. The van der Waals surface area contributed by atoms with Crippen molar-refractivity contribution < 1.29 is 9.53 Å². The van der Waals surface area contributed by atoms with Crippen LogP contribution in [0, 0.1) is 5.92 Å². The van der Waals surface area contributed by atoms with E-state index in [1.165, 1.54) is 11.1 Å². The average molecular weight is 400 g/mol. The molecule has 5 heteroatoms. The first kappa shape index (κ1) is 20.7. The van der Waals surface area contributed by atoms with Crippen LogP contribution >= 0.6 is 0 Å². The fraction of sp³-hybridized carbons (Fsp3) is 0.708. The number of nitrogens with one attached hydrogen (secondary N) is 1. The molecule has 29 heavy (non-hydrogen) atoms. The molecule has 0 spiro atoms. The number of hydrogen-bond donors (Lipinski definition) is 2. The van der Waals surface area contributed by atoms with Gasteiger partial charge in [0.1, 0.15) is 0 Å². The highest BCUT2D eigenvalue weighted by Crippen LogP contribution is 2.42. The Balaban J connectivity index is 1.29. The third-order valence-corrected chi connectivity index (χ3v) is 7.45. The maximum Gasteiger partial charge on any atom is 0.317 e. The molecule has 4 rings (SSSR count). The minimum atomic E-state index is 0.0830. The van der Waals surface area contributed by atoms with Gasteiger partial charge in [0, 0.05) is 38.2 Å². The number of carbonyl (C=O) groups excluding carboxylic acids is 1. The molecular weight excluding hydrogens is 362 g/mol. The first-order valence-electron chi connectivity index (χ1n) is 11.4. The van der Waals surface area contributed by atoms with Crippen LogP contribution in [0.25, 0.3) is 0 Å². The first-order valence-corrected chi connectivity index (χ1v) is 11.4. The summed E-state index contributed by atoms with van der Waals surface area (Å²) in [6.45, 7) is 7.81. The van der Waals surface area contributed by atoms with Crippen molar-refractivity contribution in [1.29, 1.82) is 0 Å². The van der Waals surface area contributed by atoms with Gasteiger partial charge in [0.15, 0.2) is 0 Å². The van der Waals surface area contributed by atoms with Crippen molar-refractivity contribution in [3.8, 4) is 0 Å². The summed E-state index contributed by atoms with van der Waals surface area (Å²) in [6, 6.07) is 8.99. The lowest BCUT2D eigenvalue weighted by Crippen LogP contribution is -2.51. The van der Waals surface area contributed by atoms with Gasteiger partial charge in [-0.3, -0.25) is 0 Å². The summed E-state index contributed by atoms with van der Waals surface area (Å²) in [5.74, 6) is 0.899. The smallest absolute Gasteiger partial charge is 0.317 e. The number of hydrogen-bond acceptors (Lipinski definition) is 3. The van der Waals surface area contributed by atoms with Crippen LogP contribution in [0.5, 0.6) is 0 Å². The fourth-order valence-corrected chi connectivity index (χ4v) is 5.57. The van der Waals surface area contributed by atoms with Crippen molar-refractivity contribution in [3.05, 3.63) is 35.4 Å². The molecule has 1 aliphatic carbocycles. The molecule has 3 atom stereocenters. The van der Waals surface area contributed by atoms with Gasteiger partial charge in [0.25, 0.3) is 0 Å². The van der Waals surface area contributed by atoms with E-state index in [4.69, 9.17) is 10.5 Å². The lowest BCUT2D eigenvalue weighted by Gasteiger charge is -2.40. The minimum absolute atomic E-state index is 0.0830. The first-order chi connectivity index (χ1) is 14.0. The monoisotopic (exact) mass is 399 g/mol. The van der Waals surface area contributed by atoms with Gasteiger partial charge in [-0.25, -0.2) is 4.79 Å². The molecule has 0 bridgehead atoms. The standard InChI is InChI=1S/C24H37N3O2/c1-24(2)12-9-18(19-6-3-4-7-20(19)24)16-26-23(28)27-13-10-17(11-14-27)22-21(25)8-5-15-29-22/h3-4,6-7,17-18,21-22H,5,8-16,25H2,1-2H3,(H,26,28). The van der Waals surface area contributed by atoms with E-state index >= 15 is 0 Å². The zero-order valence-corrected chi connectivity index (χ0v) is 18.0. The molecule has 3 aliphatic rings. The molecule has 3 N–H and O–H groups in total. The van der Waals surface area contributed by atoms with E-state index in [0.717, 1.165) is 64.8 Å². The third kappa shape index (κ3) is 4.46. The van der Waals surface area contributed by atoms with Crippen LogP contribution in [0.1, 0.15) is 69.4 Å². The van der Waals surface area contributed by atoms with Crippen molar-refractivity contribution in [2.75, 3.05) is 26.2 Å². The Morgan fingerprint density at radius 3 is 2.72 bits per heavy atom. The van der Waals surface area contributed by atoms with E-state index in [1.807, 2.05) is 4.90 Å². The summed E-state index contributed by atoms with van der Waals surface area (Å²) in [7, 11) is 0. The molecule has 5 nitrogen and oxygen atoms in total. The normalized spacial score (nSPS) is 29.9. The Hall–Kier alpha value is -1.59. The zero-order chi connectivity index (χ0) is 20.4. The highest BCUT2D eigenvalue weighted by Gasteiger charge is 2.35. The van der Waals surface area contributed by atoms with Gasteiger partial charge < -0.3 is 20.7 Å². The summed E-state index contributed by atoms with van der Waals surface area (Å²) in [5.41, 5.74) is 9.35. The van der Waals surface area contributed by atoms with Crippen LogP contribution in [0.3, 0.4) is 0 Å². The average Bonchev–Trinajstić information content (AvgIpc) is 2.74. The van der Waals surface area contributed by atoms with Crippen molar-refractivity contribution in [2.24, 2.45) is 11.7 Å². The predicted octanol–water partition coefficient (Wildman–Crippen LogP) is 3.77. The van der Waals surface area contributed by atoms with Crippen molar-refractivity contribution >= 4 is 6.03 Å². The number of nitrogens with two attached hydrogens (primary N) is 1. The number of fused-ring (bicyclic) bond motifs is 1. The number of likely N-dealkylation sites (tertiary alicyclic amines) is 1. The van der Waals surface area contributed by atoms with Crippen LogP contribution in [0.15, 0.2) is 24.3 Å².